The molecule has 15 rings (SSSR count). The fourth-order valence-electron chi connectivity index (χ4n) is 11.5. The second-order valence-electron chi connectivity index (χ2n) is 18.1. The zero-order valence-electron chi connectivity index (χ0n) is 37.8. The van der Waals surface area contributed by atoms with Crippen molar-refractivity contribution in [2.75, 3.05) is 0 Å². The molecule has 326 valence electrons. The fraction of sp³-hybridized carbons (Fsp3) is 0. The van der Waals surface area contributed by atoms with Gasteiger partial charge in [-0.1, -0.05) is 176 Å². The number of hydrogen-bond acceptors (Lipinski definition) is 2. The van der Waals surface area contributed by atoms with Gasteiger partial charge in [-0.3, -0.25) is 14.1 Å². The molecule has 0 saturated heterocycles. The van der Waals surface area contributed by atoms with Crippen LogP contribution in [-0.4, -0.2) is 28.2 Å². The molecule has 0 unspecified atom stereocenters. The van der Waals surface area contributed by atoms with Crippen molar-refractivity contribution >= 4 is 87.2 Å². The van der Waals surface area contributed by atoms with Crippen molar-refractivity contribution in [1.82, 2.24) is 28.2 Å². The van der Waals surface area contributed by atoms with Crippen LogP contribution in [0.2, 0.25) is 0 Å². The molecule has 0 amide bonds. The average Bonchev–Trinajstić information content (AvgIpc) is 4.16. The van der Waals surface area contributed by atoms with Crippen LogP contribution < -0.4 is 0 Å². The maximum atomic E-state index is 6.32. The summed E-state index contributed by atoms with van der Waals surface area (Å²) in [5.41, 5.74) is 14.9. The Morgan fingerprint density at radius 1 is 0.243 bits per heavy atom. The first-order chi connectivity index (χ1) is 34.8. The van der Waals surface area contributed by atoms with Crippen molar-refractivity contribution in [2.45, 2.75) is 0 Å². The molecule has 9 aromatic carbocycles. The van der Waals surface area contributed by atoms with E-state index >= 15 is 0 Å². The van der Waals surface area contributed by atoms with Crippen molar-refractivity contribution < 1.29 is 0 Å². The van der Waals surface area contributed by atoms with Gasteiger partial charge in [-0.2, -0.15) is 0 Å². The van der Waals surface area contributed by atoms with E-state index in [-0.39, 0.29) is 0 Å². The van der Waals surface area contributed by atoms with Gasteiger partial charge in [0.05, 0.1) is 44.1 Å². The summed E-state index contributed by atoms with van der Waals surface area (Å²) in [5, 5.41) is 9.37. The molecule has 70 heavy (non-hydrogen) atoms. The predicted molar refractivity (Wildman–Crippen MR) is 290 cm³/mol. The number of aromatic nitrogens is 6. The van der Waals surface area contributed by atoms with Crippen LogP contribution in [-0.2, 0) is 0 Å². The molecule has 0 spiro atoms. The molecule has 0 aliphatic rings. The van der Waals surface area contributed by atoms with Crippen LogP contribution in [0.4, 0.5) is 0 Å². The molecule has 6 aromatic heterocycles. The van der Waals surface area contributed by atoms with E-state index in [0.29, 0.717) is 0 Å². The van der Waals surface area contributed by atoms with E-state index < -0.39 is 0 Å². The van der Waals surface area contributed by atoms with Crippen molar-refractivity contribution in [3.05, 3.63) is 243 Å². The van der Waals surface area contributed by atoms with Crippen molar-refractivity contribution in [1.29, 1.82) is 0 Å². The highest BCUT2D eigenvalue weighted by atomic mass is 15.2. The van der Waals surface area contributed by atoms with E-state index in [1.807, 2.05) is 18.5 Å². The summed E-state index contributed by atoms with van der Waals surface area (Å²) in [5.74, 6) is 1.63. The maximum absolute atomic E-state index is 6.32. The van der Waals surface area contributed by atoms with E-state index in [0.717, 1.165) is 89.4 Å². The minimum absolute atomic E-state index is 0.816. The molecule has 0 atom stereocenters. The van der Waals surface area contributed by atoms with Crippen LogP contribution in [0.15, 0.2) is 243 Å². The van der Waals surface area contributed by atoms with Gasteiger partial charge >= 0.3 is 0 Å². The van der Waals surface area contributed by atoms with Gasteiger partial charge in [0, 0.05) is 61.0 Å². The fourth-order valence-corrected chi connectivity index (χ4v) is 11.5. The largest absolute Gasteiger partial charge is 0.305 e. The molecule has 0 fully saturated rings. The third kappa shape index (κ3) is 5.44. The molecule has 0 radical (unpaired) electrons. The number of rotatable bonds is 6. The van der Waals surface area contributed by atoms with Crippen LogP contribution in [0.25, 0.3) is 132 Å². The van der Waals surface area contributed by atoms with Crippen molar-refractivity contribution in [3.63, 3.8) is 0 Å². The van der Waals surface area contributed by atoms with Crippen LogP contribution in [0.5, 0.6) is 0 Å². The molecule has 0 bridgehead atoms. The molecule has 0 N–H and O–H groups in total. The Morgan fingerprint density at radius 3 is 0.829 bits per heavy atom. The van der Waals surface area contributed by atoms with Crippen molar-refractivity contribution in [2.24, 2.45) is 0 Å². The molecule has 15 aromatic rings. The summed E-state index contributed by atoms with van der Waals surface area (Å²) in [6, 6.07) is 83.7. The lowest BCUT2D eigenvalue weighted by Gasteiger charge is -2.27. The monoisotopic (exact) mass is 892 g/mol. The van der Waals surface area contributed by atoms with Gasteiger partial charge in [0.25, 0.3) is 0 Å². The van der Waals surface area contributed by atoms with Gasteiger partial charge in [-0.25, -0.2) is 4.98 Å². The van der Waals surface area contributed by atoms with Gasteiger partial charge < -0.3 is 9.13 Å². The zero-order chi connectivity index (χ0) is 45.9. The summed E-state index contributed by atoms with van der Waals surface area (Å²) in [4.78, 5) is 10.8. The molecule has 6 heterocycles. The van der Waals surface area contributed by atoms with E-state index in [1.165, 1.54) is 43.1 Å². The normalized spacial score (nSPS) is 12.0. The van der Waals surface area contributed by atoms with E-state index in [1.54, 1.807) is 0 Å². The molecular formula is C64H40N6. The molecule has 0 aliphatic carbocycles. The van der Waals surface area contributed by atoms with E-state index in [2.05, 4.69) is 248 Å². The van der Waals surface area contributed by atoms with Crippen molar-refractivity contribution in [3.8, 4) is 45.3 Å². The minimum Gasteiger partial charge on any atom is -0.305 e. The summed E-state index contributed by atoms with van der Waals surface area (Å²) >= 11 is 0. The van der Waals surface area contributed by atoms with Crippen LogP contribution >= 0.6 is 0 Å². The van der Waals surface area contributed by atoms with Gasteiger partial charge in [0.1, 0.15) is 11.4 Å². The molecule has 0 saturated carbocycles. The van der Waals surface area contributed by atoms with Crippen LogP contribution in [0.3, 0.4) is 0 Å². The zero-order valence-corrected chi connectivity index (χ0v) is 37.8. The lowest BCUT2D eigenvalue weighted by molar-refractivity contribution is 0.961. The Bertz CT molecular complexity index is 4120. The Kier molecular flexibility index (Phi) is 8.26. The Hall–Kier alpha value is -9.52. The maximum Gasteiger partial charge on any atom is 0.165 e. The average molecular weight is 893 g/mol. The molecular weight excluding hydrogens is 853 g/mol. The lowest BCUT2D eigenvalue weighted by atomic mass is 9.97. The third-order valence-electron chi connectivity index (χ3n) is 14.5. The smallest absolute Gasteiger partial charge is 0.165 e. The van der Waals surface area contributed by atoms with Gasteiger partial charge in [0.15, 0.2) is 11.6 Å². The standard InChI is InChI=1S/C64H40N6/c1-9-27-52-44(19-1)45-20-2-10-28-53(45)67(52)61-60(42-37-35-41(36-38-42)43-18-17-39-65-40-43)62(68-54-29-11-3-21-46(54)47-22-4-12-30-55(47)68)64(70-58-33-15-7-25-50(58)51-26-8-16-34-59(51)70)66-63(61)69-56-31-13-5-23-48(56)49-24-6-14-32-57(49)69/h1-40H. The van der Waals surface area contributed by atoms with E-state index in [9.17, 15) is 0 Å². The highest BCUT2D eigenvalue weighted by molar-refractivity contribution is 6.15. The number of fused-ring (bicyclic) bond motifs is 12. The lowest BCUT2D eigenvalue weighted by Crippen LogP contribution is -2.16. The summed E-state index contributed by atoms with van der Waals surface area (Å²) in [7, 11) is 0. The molecule has 6 nitrogen and oxygen atoms in total. The highest BCUT2D eigenvalue weighted by Gasteiger charge is 2.32. The summed E-state index contributed by atoms with van der Waals surface area (Å²) < 4.78 is 9.83. The topological polar surface area (TPSA) is 45.5 Å². The number of hydrogen-bond donors (Lipinski definition) is 0. The SMILES string of the molecule is c1cncc(-c2ccc(-c3c(-n4c5ccccc5c5ccccc54)c(-n4c5ccccc5c5ccccc54)nc(-n4c5ccccc5c5ccccc54)c3-n3c4ccccc4c4ccccc43)cc2)c1. The van der Waals surface area contributed by atoms with Gasteiger partial charge in [0.2, 0.25) is 0 Å². The number of pyridine rings is 2. The number of para-hydroxylation sites is 8. The van der Waals surface area contributed by atoms with Crippen LogP contribution in [0, 0.1) is 0 Å². The quantitative estimate of drug-likeness (QED) is 0.167. The first-order valence-corrected chi connectivity index (χ1v) is 23.8. The Morgan fingerprint density at radius 2 is 0.529 bits per heavy atom. The summed E-state index contributed by atoms with van der Waals surface area (Å²) in [6.07, 6.45) is 3.77. The van der Waals surface area contributed by atoms with E-state index in [4.69, 9.17) is 4.98 Å². The number of nitrogens with zero attached hydrogens (tertiary/aromatic N) is 6. The summed E-state index contributed by atoms with van der Waals surface area (Å²) in [6.45, 7) is 0. The second-order valence-corrected chi connectivity index (χ2v) is 18.1. The first-order valence-electron chi connectivity index (χ1n) is 23.8. The van der Waals surface area contributed by atoms with Crippen LogP contribution in [0.1, 0.15) is 0 Å². The second kappa shape index (κ2) is 15.0. The Balaban J connectivity index is 1.26. The number of benzene rings is 9. The van der Waals surface area contributed by atoms with Gasteiger partial charge in [-0.15, -0.1) is 0 Å². The molecule has 6 heteroatoms. The Labute approximate surface area is 401 Å². The third-order valence-corrected chi connectivity index (χ3v) is 14.5. The minimum atomic E-state index is 0.816. The predicted octanol–water partition coefficient (Wildman–Crippen LogP) is 16.2. The highest BCUT2D eigenvalue weighted by Crippen LogP contribution is 2.49. The molecule has 0 aliphatic heterocycles. The first kappa shape index (κ1) is 38.6. The van der Waals surface area contributed by atoms with Gasteiger partial charge in [-0.05, 0) is 71.3 Å².